The standard InChI is InChI=1S/C16H15F3N4S/c17-16(18,19)24-14-4-1-3-11(8-14)22-9-13-7-12(22)10-23(13)15-20-5-2-6-21-15/h1-6,8,12-13H,7,9-10H2/t12-,13-/m0/s1. The summed E-state index contributed by atoms with van der Waals surface area (Å²) in [6, 6.07) is 9.06. The molecule has 2 fully saturated rings. The molecule has 2 aliphatic heterocycles. The van der Waals surface area contributed by atoms with Gasteiger partial charge in [-0.2, -0.15) is 13.2 Å². The first-order valence-corrected chi connectivity index (χ1v) is 8.47. The number of halogens is 3. The van der Waals surface area contributed by atoms with Crippen molar-refractivity contribution in [2.75, 3.05) is 22.9 Å². The molecule has 0 spiro atoms. The van der Waals surface area contributed by atoms with E-state index >= 15 is 0 Å². The number of anilines is 2. The predicted molar refractivity (Wildman–Crippen MR) is 87.3 cm³/mol. The summed E-state index contributed by atoms with van der Waals surface area (Å²) >= 11 is -0.0659. The summed E-state index contributed by atoms with van der Waals surface area (Å²) in [5, 5.41) is 0. The molecule has 4 rings (SSSR count). The number of fused-ring (bicyclic) bond motifs is 2. The molecule has 2 bridgehead atoms. The van der Waals surface area contributed by atoms with Crippen LogP contribution in [-0.4, -0.2) is 40.6 Å². The van der Waals surface area contributed by atoms with Crippen molar-refractivity contribution >= 4 is 23.4 Å². The van der Waals surface area contributed by atoms with E-state index in [1.54, 1.807) is 30.6 Å². The quantitative estimate of drug-likeness (QED) is 0.789. The lowest BCUT2D eigenvalue weighted by Crippen LogP contribution is -2.47. The zero-order valence-corrected chi connectivity index (χ0v) is 13.5. The van der Waals surface area contributed by atoms with Crippen LogP contribution in [0.25, 0.3) is 0 Å². The van der Waals surface area contributed by atoms with E-state index in [1.165, 1.54) is 6.07 Å². The van der Waals surface area contributed by atoms with Crippen LogP contribution in [0, 0.1) is 0 Å². The third-order valence-corrected chi connectivity index (χ3v) is 5.15. The Morgan fingerprint density at radius 3 is 2.38 bits per heavy atom. The van der Waals surface area contributed by atoms with Crippen LogP contribution in [0.15, 0.2) is 47.6 Å². The number of hydrogen-bond donors (Lipinski definition) is 0. The largest absolute Gasteiger partial charge is 0.446 e. The minimum Gasteiger partial charge on any atom is -0.365 e. The number of piperazine rings is 1. The van der Waals surface area contributed by atoms with E-state index < -0.39 is 5.51 Å². The lowest BCUT2D eigenvalue weighted by atomic mass is 10.2. The molecule has 0 N–H and O–H groups in total. The van der Waals surface area contributed by atoms with Gasteiger partial charge in [-0.3, -0.25) is 0 Å². The monoisotopic (exact) mass is 352 g/mol. The van der Waals surface area contributed by atoms with E-state index in [1.807, 2.05) is 6.07 Å². The van der Waals surface area contributed by atoms with E-state index in [0.717, 1.165) is 31.1 Å². The Kier molecular flexibility index (Phi) is 3.79. The molecule has 8 heteroatoms. The lowest BCUT2D eigenvalue weighted by Gasteiger charge is -2.35. The maximum atomic E-state index is 12.6. The molecule has 0 amide bonds. The van der Waals surface area contributed by atoms with Gasteiger partial charge in [0, 0.05) is 42.1 Å². The van der Waals surface area contributed by atoms with Crippen LogP contribution in [0.2, 0.25) is 0 Å². The average molecular weight is 352 g/mol. The Morgan fingerprint density at radius 1 is 1.00 bits per heavy atom. The summed E-state index contributed by atoms with van der Waals surface area (Å²) in [5.41, 5.74) is -3.41. The third kappa shape index (κ3) is 3.02. The zero-order chi connectivity index (χ0) is 16.7. The fraction of sp³-hybridized carbons (Fsp3) is 0.375. The molecule has 24 heavy (non-hydrogen) atoms. The molecule has 2 saturated heterocycles. The summed E-state index contributed by atoms with van der Waals surface area (Å²) in [7, 11) is 0. The summed E-state index contributed by atoms with van der Waals surface area (Å²) in [4.78, 5) is 13.2. The normalized spacial score (nSPS) is 23.1. The van der Waals surface area contributed by atoms with Crippen molar-refractivity contribution < 1.29 is 13.2 Å². The summed E-state index contributed by atoms with van der Waals surface area (Å²) in [6.45, 7) is 1.58. The molecule has 0 radical (unpaired) electrons. The van der Waals surface area contributed by atoms with E-state index in [2.05, 4.69) is 19.8 Å². The van der Waals surface area contributed by atoms with E-state index in [4.69, 9.17) is 0 Å². The number of thioether (sulfide) groups is 1. The fourth-order valence-corrected chi connectivity index (χ4v) is 4.12. The minimum atomic E-state index is -4.26. The van der Waals surface area contributed by atoms with Gasteiger partial charge in [-0.05, 0) is 42.4 Å². The maximum Gasteiger partial charge on any atom is 0.446 e. The van der Waals surface area contributed by atoms with Gasteiger partial charge in [-0.25, -0.2) is 9.97 Å². The SMILES string of the molecule is FC(F)(F)Sc1cccc(N2C[C@@H]3C[C@H]2CN3c2ncccn2)c1. The smallest absolute Gasteiger partial charge is 0.365 e. The molecule has 1 aromatic heterocycles. The highest BCUT2D eigenvalue weighted by molar-refractivity contribution is 8.00. The van der Waals surface area contributed by atoms with Crippen molar-refractivity contribution in [2.24, 2.45) is 0 Å². The molecule has 0 unspecified atom stereocenters. The zero-order valence-electron chi connectivity index (χ0n) is 12.6. The second-order valence-corrected chi connectivity index (χ2v) is 7.08. The highest BCUT2D eigenvalue weighted by Gasteiger charge is 2.44. The number of alkyl halides is 3. The molecule has 0 aliphatic carbocycles. The van der Waals surface area contributed by atoms with Gasteiger partial charge >= 0.3 is 5.51 Å². The van der Waals surface area contributed by atoms with E-state index in [0.29, 0.717) is 6.04 Å². The van der Waals surface area contributed by atoms with Gasteiger partial charge in [0.2, 0.25) is 5.95 Å². The van der Waals surface area contributed by atoms with Crippen molar-refractivity contribution in [1.29, 1.82) is 0 Å². The van der Waals surface area contributed by atoms with Gasteiger partial charge in [0.1, 0.15) is 0 Å². The molecule has 126 valence electrons. The first-order valence-electron chi connectivity index (χ1n) is 7.66. The van der Waals surface area contributed by atoms with Crippen molar-refractivity contribution in [2.45, 2.75) is 28.9 Å². The van der Waals surface area contributed by atoms with Gasteiger partial charge in [0.05, 0.1) is 6.04 Å². The second kappa shape index (κ2) is 5.84. The number of hydrogen-bond acceptors (Lipinski definition) is 5. The van der Waals surface area contributed by atoms with Crippen molar-refractivity contribution in [3.05, 3.63) is 42.7 Å². The Hall–Kier alpha value is -1.96. The lowest BCUT2D eigenvalue weighted by molar-refractivity contribution is -0.0328. The van der Waals surface area contributed by atoms with Crippen LogP contribution >= 0.6 is 11.8 Å². The molecule has 4 nitrogen and oxygen atoms in total. The molecular weight excluding hydrogens is 337 g/mol. The first kappa shape index (κ1) is 15.6. The highest BCUT2D eigenvalue weighted by atomic mass is 32.2. The molecule has 3 heterocycles. The van der Waals surface area contributed by atoms with Crippen molar-refractivity contribution in [1.82, 2.24) is 9.97 Å². The summed E-state index contributed by atoms with van der Waals surface area (Å²) < 4.78 is 37.7. The van der Waals surface area contributed by atoms with Crippen LogP contribution in [0.3, 0.4) is 0 Å². The van der Waals surface area contributed by atoms with Gasteiger partial charge in [-0.1, -0.05) is 6.07 Å². The minimum absolute atomic E-state index is 0.0659. The molecular formula is C16H15F3N4S. The van der Waals surface area contributed by atoms with Crippen molar-refractivity contribution in [3.8, 4) is 0 Å². The topological polar surface area (TPSA) is 32.3 Å². The van der Waals surface area contributed by atoms with Crippen LogP contribution in [0.1, 0.15) is 6.42 Å². The van der Waals surface area contributed by atoms with Crippen LogP contribution < -0.4 is 9.80 Å². The molecule has 0 saturated carbocycles. The van der Waals surface area contributed by atoms with Gasteiger partial charge in [0.25, 0.3) is 0 Å². The number of aromatic nitrogens is 2. The van der Waals surface area contributed by atoms with E-state index in [9.17, 15) is 13.2 Å². The van der Waals surface area contributed by atoms with E-state index in [-0.39, 0.29) is 22.7 Å². The summed E-state index contributed by atoms with van der Waals surface area (Å²) in [5.74, 6) is 0.728. The second-order valence-electron chi connectivity index (χ2n) is 5.94. The third-order valence-electron chi connectivity index (χ3n) is 4.43. The predicted octanol–water partition coefficient (Wildman–Crippen LogP) is 3.56. The van der Waals surface area contributed by atoms with Crippen LogP contribution in [0.4, 0.5) is 24.8 Å². The van der Waals surface area contributed by atoms with Crippen LogP contribution in [0.5, 0.6) is 0 Å². The average Bonchev–Trinajstić information content (AvgIpc) is 3.15. The molecule has 2 aliphatic rings. The first-order chi connectivity index (χ1) is 11.5. The van der Waals surface area contributed by atoms with Gasteiger partial charge < -0.3 is 9.80 Å². The Balaban J connectivity index is 1.50. The van der Waals surface area contributed by atoms with Gasteiger partial charge in [0.15, 0.2) is 0 Å². The number of rotatable bonds is 3. The van der Waals surface area contributed by atoms with Crippen molar-refractivity contribution in [3.63, 3.8) is 0 Å². The summed E-state index contributed by atoms with van der Waals surface area (Å²) in [6.07, 6.45) is 4.43. The Bertz CT molecular complexity index is 725. The Morgan fingerprint density at radius 2 is 1.71 bits per heavy atom. The molecule has 2 atom stereocenters. The molecule has 1 aromatic carbocycles. The van der Waals surface area contributed by atoms with Crippen LogP contribution in [-0.2, 0) is 0 Å². The maximum absolute atomic E-state index is 12.6. The fourth-order valence-electron chi connectivity index (χ4n) is 3.53. The highest BCUT2D eigenvalue weighted by Crippen LogP contribution is 2.40. The number of benzene rings is 1. The Labute approximate surface area is 141 Å². The number of nitrogens with zero attached hydrogens (tertiary/aromatic N) is 4. The molecule has 2 aromatic rings. The van der Waals surface area contributed by atoms with Gasteiger partial charge in [-0.15, -0.1) is 0 Å².